The minimum Gasteiger partial charge on any atom is -0.322 e. The summed E-state index contributed by atoms with van der Waals surface area (Å²) in [6.45, 7) is 0. The van der Waals surface area contributed by atoms with E-state index >= 15 is 0 Å². The van der Waals surface area contributed by atoms with Crippen LogP contribution in [-0.2, 0) is 21.9 Å². The SMILES string of the molecule is O=C(Nc1cccc(C(F)(F)F)c1)C(=Cc1ccccc1Br)C(=O)Nc1cccc(C(F)(F)F)c1. The van der Waals surface area contributed by atoms with E-state index in [-0.39, 0.29) is 11.4 Å². The van der Waals surface area contributed by atoms with Crippen molar-refractivity contribution in [3.63, 3.8) is 0 Å². The minimum absolute atomic E-state index is 0.227. The van der Waals surface area contributed by atoms with Gasteiger partial charge in [0.2, 0.25) is 0 Å². The van der Waals surface area contributed by atoms with E-state index in [1.54, 1.807) is 24.3 Å². The highest BCUT2D eigenvalue weighted by molar-refractivity contribution is 9.10. The number of benzene rings is 3. The fraction of sp³-hybridized carbons (Fsp3) is 0.0833. The first-order valence-corrected chi connectivity index (χ1v) is 10.6. The Morgan fingerprint density at radius 3 is 1.57 bits per heavy atom. The maximum absolute atomic E-state index is 13.0. The van der Waals surface area contributed by atoms with Crippen molar-refractivity contribution in [2.24, 2.45) is 0 Å². The summed E-state index contributed by atoms with van der Waals surface area (Å²) in [7, 11) is 0. The van der Waals surface area contributed by atoms with Gasteiger partial charge >= 0.3 is 12.4 Å². The third-order valence-corrected chi connectivity index (χ3v) is 5.31. The van der Waals surface area contributed by atoms with Gasteiger partial charge in [-0.25, -0.2) is 0 Å². The first kappa shape index (κ1) is 26.0. The summed E-state index contributed by atoms with van der Waals surface area (Å²) in [5.74, 6) is -2.13. The van der Waals surface area contributed by atoms with Gasteiger partial charge in [0.15, 0.2) is 0 Å². The minimum atomic E-state index is -4.66. The maximum atomic E-state index is 13.0. The summed E-state index contributed by atoms with van der Waals surface area (Å²) in [6, 6.07) is 14.0. The van der Waals surface area contributed by atoms with Crippen LogP contribution in [0.1, 0.15) is 16.7 Å². The van der Waals surface area contributed by atoms with Gasteiger partial charge in [-0.1, -0.05) is 46.3 Å². The Kier molecular flexibility index (Phi) is 7.69. The van der Waals surface area contributed by atoms with Crippen LogP contribution in [0.3, 0.4) is 0 Å². The third kappa shape index (κ3) is 6.95. The van der Waals surface area contributed by atoms with Crippen molar-refractivity contribution < 1.29 is 35.9 Å². The molecule has 11 heteroatoms. The summed E-state index contributed by atoms with van der Waals surface area (Å²) in [5, 5.41) is 4.47. The average molecular weight is 557 g/mol. The molecule has 0 aliphatic heterocycles. The molecule has 0 aliphatic carbocycles. The number of carbonyl (C=O) groups excluding carboxylic acids is 2. The Hall–Kier alpha value is -3.60. The lowest BCUT2D eigenvalue weighted by atomic mass is 10.1. The molecule has 0 atom stereocenters. The van der Waals surface area contributed by atoms with Gasteiger partial charge in [0.05, 0.1) is 11.1 Å². The molecule has 2 N–H and O–H groups in total. The van der Waals surface area contributed by atoms with Gasteiger partial charge in [-0.15, -0.1) is 0 Å². The normalized spacial score (nSPS) is 11.5. The van der Waals surface area contributed by atoms with Gasteiger partial charge in [0.1, 0.15) is 5.57 Å². The molecule has 4 nitrogen and oxygen atoms in total. The topological polar surface area (TPSA) is 58.2 Å². The van der Waals surface area contributed by atoms with E-state index in [2.05, 4.69) is 26.6 Å². The highest BCUT2D eigenvalue weighted by Crippen LogP contribution is 2.32. The van der Waals surface area contributed by atoms with E-state index in [0.717, 1.165) is 30.3 Å². The predicted molar refractivity (Wildman–Crippen MR) is 122 cm³/mol. The first-order chi connectivity index (χ1) is 16.3. The van der Waals surface area contributed by atoms with Crippen molar-refractivity contribution in [3.8, 4) is 0 Å². The molecule has 35 heavy (non-hydrogen) atoms. The molecule has 0 aromatic heterocycles. The smallest absolute Gasteiger partial charge is 0.322 e. The fourth-order valence-corrected chi connectivity index (χ4v) is 3.32. The largest absolute Gasteiger partial charge is 0.416 e. The monoisotopic (exact) mass is 556 g/mol. The van der Waals surface area contributed by atoms with Crippen LogP contribution in [-0.4, -0.2) is 11.8 Å². The molecule has 0 bridgehead atoms. The van der Waals surface area contributed by atoms with Gasteiger partial charge in [-0.05, 0) is 54.1 Å². The second kappa shape index (κ2) is 10.3. The van der Waals surface area contributed by atoms with Gasteiger partial charge in [0, 0.05) is 15.8 Å². The van der Waals surface area contributed by atoms with E-state index < -0.39 is 40.9 Å². The zero-order valence-corrected chi connectivity index (χ0v) is 19.1. The van der Waals surface area contributed by atoms with Crippen LogP contribution in [0.25, 0.3) is 6.08 Å². The molecular formula is C24H15BrF6N2O2. The number of hydrogen-bond acceptors (Lipinski definition) is 2. The Labute approximate surface area is 203 Å². The molecule has 3 aromatic rings. The number of halogens is 7. The molecule has 2 amide bonds. The molecule has 0 spiro atoms. The molecule has 0 saturated heterocycles. The predicted octanol–water partition coefficient (Wildman–Crippen LogP) is 7.15. The number of anilines is 2. The number of carbonyl (C=O) groups is 2. The quantitative estimate of drug-likeness (QED) is 0.152. The maximum Gasteiger partial charge on any atom is 0.416 e. The van der Waals surface area contributed by atoms with E-state index in [1.807, 2.05) is 0 Å². The summed E-state index contributed by atoms with van der Waals surface area (Å²) in [5.41, 5.74) is -2.66. The van der Waals surface area contributed by atoms with Crippen LogP contribution in [0, 0.1) is 0 Å². The zero-order chi connectivity index (χ0) is 25.8. The summed E-state index contributed by atoms with van der Waals surface area (Å²) < 4.78 is 78.6. The molecule has 0 heterocycles. The van der Waals surface area contributed by atoms with Crippen LogP contribution in [0.15, 0.2) is 82.8 Å². The van der Waals surface area contributed by atoms with Gasteiger partial charge in [-0.2, -0.15) is 26.3 Å². The number of nitrogens with one attached hydrogen (secondary N) is 2. The van der Waals surface area contributed by atoms with Crippen molar-refractivity contribution in [2.45, 2.75) is 12.4 Å². The average Bonchev–Trinajstić information content (AvgIpc) is 2.77. The van der Waals surface area contributed by atoms with Crippen LogP contribution >= 0.6 is 15.9 Å². The van der Waals surface area contributed by atoms with Gasteiger partial charge in [0.25, 0.3) is 11.8 Å². The number of amides is 2. The lowest BCUT2D eigenvalue weighted by Crippen LogP contribution is -2.25. The summed E-state index contributed by atoms with van der Waals surface area (Å²) >= 11 is 3.26. The van der Waals surface area contributed by atoms with E-state index in [9.17, 15) is 35.9 Å². The highest BCUT2D eigenvalue weighted by atomic mass is 79.9. The first-order valence-electron chi connectivity index (χ1n) is 9.78. The lowest BCUT2D eigenvalue weighted by Gasteiger charge is -2.13. The molecule has 0 fully saturated rings. The second-order valence-corrected chi connectivity index (χ2v) is 8.00. The van der Waals surface area contributed by atoms with Crippen molar-refractivity contribution >= 4 is 45.2 Å². The fourth-order valence-electron chi connectivity index (χ4n) is 2.93. The molecule has 0 saturated carbocycles. The van der Waals surface area contributed by atoms with Crippen LogP contribution in [0.4, 0.5) is 37.7 Å². The van der Waals surface area contributed by atoms with Gasteiger partial charge < -0.3 is 10.6 Å². The Morgan fingerprint density at radius 1 is 0.686 bits per heavy atom. The van der Waals surface area contributed by atoms with Crippen molar-refractivity contribution in [1.29, 1.82) is 0 Å². The molecule has 3 rings (SSSR count). The third-order valence-electron chi connectivity index (χ3n) is 4.59. The van der Waals surface area contributed by atoms with Gasteiger partial charge in [-0.3, -0.25) is 9.59 Å². The molecule has 0 radical (unpaired) electrons. The molecule has 0 aliphatic rings. The summed E-state index contributed by atoms with van der Waals surface area (Å²) in [4.78, 5) is 25.9. The standard InChI is InChI=1S/C24H15BrF6N2O2/c25-20-10-2-1-5-14(20)11-19(21(34)32-17-8-3-6-15(12-17)23(26,27)28)22(35)33-18-9-4-7-16(13-18)24(29,30)31/h1-13H,(H,32,34)(H,33,35). The molecule has 3 aromatic carbocycles. The van der Waals surface area contributed by atoms with Crippen molar-refractivity contribution in [2.75, 3.05) is 10.6 Å². The van der Waals surface area contributed by atoms with Crippen molar-refractivity contribution in [3.05, 3.63) is 99.5 Å². The lowest BCUT2D eigenvalue weighted by molar-refractivity contribution is -0.138. The molecular weight excluding hydrogens is 542 g/mol. The number of rotatable bonds is 5. The Morgan fingerprint density at radius 2 is 1.14 bits per heavy atom. The number of hydrogen-bond donors (Lipinski definition) is 2. The van der Waals surface area contributed by atoms with Crippen LogP contribution in [0.2, 0.25) is 0 Å². The van der Waals surface area contributed by atoms with E-state index in [4.69, 9.17) is 0 Å². The van der Waals surface area contributed by atoms with Crippen molar-refractivity contribution in [1.82, 2.24) is 0 Å². The van der Waals surface area contributed by atoms with E-state index in [1.165, 1.54) is 12.1 Å². The molecule has 0 unspecified atom stereocenters. The van der Waals surface area contributed by atoms with E-state index in [0.29, 0.717) is 22.2 Å². The van der Waals surface area contributed by atoms with Crippen LogP contribution < -0.4 is 10.6 Å². The highest BCUT2D eigenvalue weighted by Gasteiger charge is 2.32. The number of alkyl halides is 6. The Bertz CT molecular complexity index is 1210. The Balaban J connectivity index is 1.95. The zero-order valence-electron chi connectivity index (χ0n) is 17.5. The molecule has 182 valence electrons. The summed E-state index contributed by atoms with van der Waals surface area (Å²) in [6.07, 6.45) is -8.15. The van der Waals surface area contributed by atoms with Crippen LogP contribution in [0.5, 0.6) is 0 Å². The second-order valence-electron chi connectivity index (χ2n) is 7.14.